The molecule has 1 nitrogen and oxygen atoms in total. The van der Waals surface area contributed by atoms with Gasteiger partial charge in [0.25, 0.3) is 0 Å². The van der Waals surface area contributed by atoms with E-state index in [2.05, 4.69) is 32.2 Å². The van der Waals surface area contributed by atoms with E-state index in [0.717, 1.165) is 24.8 Å². The fourth-order valence-corrected chi connectivity index (χ4v) is 2.31. The van der Waals surface area contributed by atoms with E-state index >= 15 is 0 Å². The van der Waals surface area contributed by atoms with E-state index in [9.17, 15) is 5.11 Å². The summed E-state index contributed by atoms with van der Waals surface area (Å²) in [6.45, 7) is 4.38. The maximum atomic E-state index is 10.1. The quantitative estimate of drug-likeness (QED) is 0.747. The number of aliphatic hydroxyl groups excluding tert-OH is 1. The second kappa shape index (κ2) is 6.97. The molecule has 90 valence electrons. The minimum Gasteiger partial charge on any atom is -0.388 e. The number of hydrogen-bond donors (Lipinski definition) is 1. The molecule has 1 N–H and O–H groups in total. The molecule has 1 aromatic carbocycles. The molecule has 16 heavy (non-hydrogen) atoms. The van der Waals surface area contributed by atoms with Crippen molar-refractivity contribution in [1.29, 1.82) is 0 Å². The number of hydrogen-bond acceptors (Lipinski definition) is 2. The Hall–Kier alpha value is -0.470. The second-order valence-corrected chi connectivity index (χ2v) is 5.09. The van der Waals surface area contributed by atoms with Crippen LogP contribution in [0.2, 0.25) is 0 Å². The molecule has 0 aliphatic carbocycles. The first-order valence-electron chi connectivity index (χ1n) is 6.03. The normalized spacial score (nSPS) is 13.1. The zero-order chi connectivity index (χ0) is 12.0. The molecule has 1 aromatic rings. The van der Waals surface area contributed by atoms with E-state index < -0.39 is 0 Å². The van der Waals surface area contributed by atoms with Crippen molar-refractivity contribution in [2.75, 3.05) is 6.26 Å². The van der Waals surface area contributed by atoms with Gasteiger partial charge in [-0.15, -0.1) is 11.8 Å². The molecule has 0 fully saturated rings. The number of thioether (sulfide) groups is 1. The number of benzene rings is 1. The molecular formula is C14H22OS. The Morgan fingerprint density at radius 3 is 2.12 bits per heavy atom. The van der Waals surface area contributed by atoms with Gasteiger partial charge in [0.15, 0.2) is 0 Å². The van der Waals surface area contributed by atoms with Crippen LogP contribution in [0.4, 0.5) is 0 Å². The van der Waals surface area contributed by atoms with Crippen LogP contribution in [0.3, 0.4) is 0 Å². The third kappa shape index (κ3) is 3.84. The first kappa shape index (κ1) is 13.6. The molecular weight excluding hydrogens is 216 g/mol. The Labute approximate surface area is 103 Å². The number of aliphatic hydroxyl groups is 1. The summed E-state index contributed by atoms with van der Waals surface area (Å²) in [5.74, 6) is 0.634. The van der Waals surface area contributed by atoms with Crippen molar-refractivity contribution in [2.24, 2.45) is 5.92 Å². The lowest BCUT2D eigenvalue weighted by Crippen LogP contribution is -2.05. The Bertz CT molecular complexity index is 290. The van der Waals surface area contributed by atoms with Crippen LogP contribution in [-0.2, 0) is 0 Å². The smallest absolute Gasteiger partial charge is 0.0792 e. The van der Waals surface area contributed by atoms with Gasteiger partial charge in [0.2, 0.25) is 0 Å². The van der Waals surface area contributed by atoms with Crippen LogP contribution >= 0.6 is 11.8 Å². The molecule has 0 saturated heterocycles. The standard InChI is InChI=1S/C14H22OS/c1-4-11(5-2)10-14(15)12-6-8-13(16-3)9-7-12/h6-9,11,14-15H,4-5,10H2,1-3H3. The molecule has 0 aliphatic rings. The molecule has 0 bridgehead atoms. The van der Waals surface area contributed by atoms with Crippen molar-refractivity contribution < 1.29 is 5.11 Å². The van der Waals surface area contributed by atoms with Gasteiger partial charge in [-0.05, 0) is 36.3 Å². The van der Waals surface area contributed by atoms with Gasteiger partial charge in [-0.3, -0.25) is 0 Å². The minimum absolute atomic E-state index is 0.305. The summed E-state index contributed by atoms with van der Waals surface area (Å²) < 4.78 is 0. The molecule has 0 aromatic heterocycles. The van der Waals surface area contributed by atoms with Crippen LogP contribution in [0.1, 0.15) is 44.8 Å². The Morgan fingerprint density at radius 1 is 1.12 bits per heavy atom. The van der Waals surface area contributed by atoms with E-state index in [1.165, 1.54) is 4.90 Å². The second-order valence-electron chi connectivity index (χ2n) is 4.21. The fourth-order valence-electron chi connectivity index (χ4n) is 1.90. The number of rotatable bonds is 6. The molecule has 0 spiro atoms. The summed E-state index contributed by atoms with van der Waals surface area (Å²) in [7, 11) is 0. The Kier molecular flexibility index (Phi) is 5.93. The average molecular weight is 238 g/mol. The zero-order valence-electron chi connectivity index (χ0n) is 10.4. The van der Waals surface area contributed by atoms with Crippen LogP contribution in [-0.4, -0.2) is 11.4 Å². The van der Waals surface area contributed by atoms with E-state index in [4.69, 9.17) is 0 Å². The van der Waals surface area contributed by atoms with Crippen LogP contribution < -0.4 is 0 Å². The lowest BCUT2D eigenvalue weighted by atomic mass is 9.93. The van der Waals surface area contributed by atoms with Crippen molar-refractivity contribution in [2.45, 2.75) is 44.1 Å². The first-order chi connectivity index (χ1) is 7.71. The van der Waals surface area contributed by atoms with E-state index in [-0.39, 0.29) is 6.10 Å². The highest BCUT2D eigenvalue weighted by molar-refractivity contribution is 7.98. The Balaban J connectivity index is 2.61. The van der Waals surface area contributed by atoms with Crippen molar-refractivity contribution in [3.63, 3.8) is 0 Å². The summed E-state index contributed by atoms with van der Waals surface area (Å²) in [6, 6.07) is 8.24. The highest BCUT2D eigenvalue weighted by atomic mass is 32.2. The van der Waals surface area contributed by atoms with Crippen LogP contribution in [0.5, 0.6) is 0 Å². The van der Waals surface area contributed by atoms with Crippen molar-refractivity contribution in [3.8, 4) is 0 Å². The van der Waals surface area contributed by atoms with Gasteiger partial charge < -0.3 is 5.11 Å². The lowest BCUT2D eigenvalue weighted by Gasteiger charge is -2.17. The molecule has 0 radical (unpaired) electrons. The van der Waals surface area contributed by atoms with E-state index in [1.54, 1.807) is 11.8 Å². The third-order valence-corrected chi connectivity index (χ3v) is 3.96. The highest BCUT2D eigenvalue weighted by Crippen LogP contribution is 2.26. The predicted molar refractivity (Wildman–Crippen MR) is 71.9 cm³/mol. The molecule has 1 unspecified atom stereocenters. The SMILES string of the molecule is CCC(CC)CC(O)c1ccc(SC)cc1. The summed E-state index contributed by atoms with van der Waals surface area (Å²) in [5, 5.41) is 10.1. The van der Waals surface area contributed by atoms with Gasteiger partial charge in [-0.1, -0.05) is 38.8 Å². The van der Waals surface area contributed by atoms with E-state index in [1.807, 2.05) is 12.1 Å². The Morgan fingerprint density at radius 2 is 1.69 bits per heavy atom. The maximum Gasteiger partial charge on any atom is 0.0792 e. The van der Waals surface area contributed by atoms with Gasteiger partial charge in [-0.25, -0.2) is 0 Å². The van der Waals surface area contributed by atoms with Gasteiger partial charge >= 0.3 is 0 Å². The van der Waals surface area contributed by atoms with Gasteiger partial charge in [0, 0.05) is 4.90 Å². The van der Waals surface area contributed by atoms with Crippen LogP contribution in [0.15, 0.2) is 29.2 Å². The molecule has 2 heteroatoms. The fraction of sp³-hybridized carbons (Fsp3) is 0.571. The van der Waals surface area contributed by atoms with Crippen molar-refractivity contribution in [1.82, 2.24) is 0 Å². The van der Waals surface area contributed by atoms with Crippen molar-refractivity contribution >= 4 is 11.8 Å². The zero-order valence-corrected chi connectivity index (χ0v) is 11.3. The van der Waals surface area contributed by atoms with Crippen molar-refractivity contribution in [3.05, 3.63) is 29.8 Å². The van der Waals surface area contributed by atoms with Crippen LogP contribution in [0, 0.1) is 5.92 Å². The first-order valence-corrected chi connectivity index (χ1v) is 7.25. The summed E-state index contributed by atoms with van der Waals surface area (Å²) in [5.41, 5.74) is 1.05. The molecule has 1 rings (SSSR count). The largest absolute Gasteiger partial charge is 0.388 e. The summed E-state index contributed by atoms with van der Waals surface area (Å²) in [4.78, 5) is 1.25. The predicted octanol–water partition coefficient (Wildman–Crippen LogP) is 4.27. The van der Waals surface area contributed by atoms with Crippen LogP contribution in [0.25, 0.3) is 0 Å². The molecule has 0 amide bonds. The minimum atomic E-state index is -0.305. The molecule has 0 heterocycles. The van der Waals surface area contributed by atoms with E-state index in [0.29, 0.717) is 5.92 Å². The highest BCUT2D eigenvalue weighted by Gasteiger charge is 2.13. The van der Waals surface area contributed by atoms with Gasteiger partial charge in [0.05, 0.1) is 6.10 Å². The maximum absolute atomic E-state index is 10.1. The van der Waals surface area contributed by atoms with Gasteiger partial charge in [-0.2, -0.15) is 0 Å². The van der Waals surface area contributed by atoms with Gasteiger partial charge in [0.1, 0.15) is 0 Å². The average Bonchev–Trinajstić information content (AvgIpc) is 2.35. The molecule has 0 saturated carbocycles. The molecule has 1 atom stereocenters. The lowest BCUT2D eigenvalue weighted by molar-refractivity contribution is 0.141. The monoisotopic (exact) mass is 238 g/mol. The molecule has 0 aliphatic heterocycles. The topological polar surface area (TPSA) is 20.2 Å². The summed E-state index contributed by atoms with van der Waals surface area (Å²) >= 11 is 1.73. The summed E-state index contributed by atoms with van der Waals surface area (Å²) in [6.07, 6.45) is 4.94. The third-order valence-electron chi connectivity index (χ3n) is 3.21.